The van der Waals surface area contributed by atoms with Gasteiger partial charge in [-0.05, 0) is 27.2 Å². The zero-order chi connectivity index (χ0) is 21.0. The fourth-order valence-corrected chi connectivity index (χ4v) is 3.98. The molecule has 0 radical (unpaired) electrons. The Morgan fingerprint density at radius 1 is 1.21 bits per heavy atom. The first-order chi connectivity index (χ1) is 13.4. The molecule has 2 aromatic rings. The van der Waals surface area contributed by atoms with Gasteiger partial charge in [0.05, 0.1) is 5.39 Å². The van der Waals surface area contributed by atoms with E-state index in [-0.39, 0.29) is 17.2 Å². The highest BCUT2D eigenvalue weighted by Gasteiger charge is 2.50. The molecule has 29 heavy (non-hydrogen) atoms. The predicted octanol–water partition coefficient (Wildman–Crippen LogP) is 2.84. The molecule has 0 N–H and O–H groups in total. The second-order valence-electron chi connectivity index (χ2n) is 8.88. The lowest BCUT2D eigenvalue weighted by Gasteiger charge is -2.48. The van der Waals surface area contributed by atoms with Crippen molar-refractivity contribution in [2.75, 3.05) is 31.1 Å². The predicted molar refractivity (Wildman–Crippen MR) is 98.4 cm³/mol. The number of carbonyl (C=O) groups excluding carboxylic acids is 1. The zero-order valence-electron chi connectivity index (χ0n) is 16.5. The monoisotopic (exact) mass is 412 g/mol. The fourth-order valence-electron chi connectivity index (χ4n) is 3.98. The number of aromatic nitrogens is 4. The second kappa shape index (κ2) is 6.46. The summed E-state index contributed by atoms with van der Waals surface area (Å²) in [6.45, 7) is 6.90. The van der Waals surface area contributed by atoms with Crippen LogP contribution in [0, 0.1) is 5.41 Å². The van der Waals surface area contributed by atoms with E-state index in [4.69, 9.17) is 4.74 Å². The maximum Gasteiger partial charge on any atom is 0.410 e. The maximum absolute atomic E-state index is 12.7. The van der Waals surface area contributed by atoms with Crippen LogP contribution >= 0.6 is 0 Å². The van der Waals surface area contributed by atoms with Gasteiger partial charge in [0.2, 0.25) is 0 Å². The van der Waals surface area contributed by atoms with Crippen molar-refractivity contribution in [3.05, 3.63) is 12.5 Å². The third-order valence-corrected chi connectivity index (χ3v) is 5.13. The molecule has 0 unspecified atom stereocenters. The van der Waals surface area contributed by atoms with Crippen LogP contribution in [0.2, 0.25) is 0 Å². The van der Waals surface area contributed by atoms with Gasteiger partial charge in [-0.3, -0.25) is 4.68 Å². The third kappa shape index (κ3) is 4.08. The lowest BCUT2D eigenvalue weighted by molar-refractivity contribution is -0.142. The number of halogens is 3. The van der Waals surface area contributed by atoms with Gasteiger partial charge in [-0.1, -0.05) is 0 Å². The SMILES string of the molecule is CC(C)(C)OC(=O)N1CCC2(C1)CN(c1ncnc3nn(CC(F)(F)F)cc13)C2. The number of alkyl halides is 3. The molecule has 2 aliphatic rings. The van der Waals surface area contributed by atoms with E-state index in [1.165, 1.54) is 12.5 Å². The molecule has 158 valence electrons. The number of likely N-dealkylation sites (tertiary alicyclic amines) is 1. The average molecular weight is 412 g/mol. The van der Waals surface area contributed by atoms with Gasteiger partial charge in [0.15, 0.2) is 5.65 Å². The van der Waals surface area contributed by atoms with E-state index < -0.39 is 18.3 Å². The van der Waals surface area contributed by atoms with Crippen molar-refractivity contribution in [2.45, 2.75) is 45.5 Å². The molecule has 0 aliphatic carbocycles. The van der Waals surface area contributed by atoms with E-state index in [9.17, 15) is 18.0 Å². The van der Waals surface area contributed by atoms with E-state index in [1.807, 2.05) is 25.7 Å². The Balaban J connectivity index is 1.45. The highest BCUT2D eigenvalue weighted by atomic mass is 19.4. The smallest absolute Gasteiger partial charge is 0.410 e. The van der Waals surface area contributed by atoms with Crippen LogP contribution in [0.5, 0.6) is 0 Å². The van der Waals surface area contributed by atoms with Crippen molar-refractivity contribution in [2.24, 2.45) is 5.41 Å². The van der Waals surface area contributed by atoms with Crippen LogP contribution in [-0.2, 0) is 11.3 Å². The number of fused-ring (bicyclic) bond motifs is 1. The third-order valence-electron chi connectivity index (χ3n) is 5.13. The molecule has 1 amide bonds. The van der Waals surface area contributed by atoms with Crippen molar-refractivity contribution >= 4 is 22.9 Å². The van der Waals surface area contributed by atoms with Crippen LogP contribution in [0.15, 0.2) is 12.5 Å². The van der Waals surface area contributed by atoms with Crippen molar-refractivity contribution in [1.29, 1.82) is 0 Å². The maximum atomic E-state index is 12.7. The van der Waals surface area contributed by atoms with Gasteiger partial charge in [-0.25, -0.2) is 14.8 Å². The first kappa shape index (κ1) is 19.7. The second-order valence-corrected chi connectivity index (χ2v) is 8.88. The number of hydrogen-bond acceptors (Lipinski definition) is 6. The minimum absolute atomic E-state index is 0.0455. The first-order valence-electron chi connectivity index (χ1n) is 9.41. The Labute approximate surface area is 165 Å². The first-order valence-corrected chi connectivity index (χ1v) is 9.41. The minimum atomic E-state index is -4.36. The average Bonchev–Trinajstić information content (AvgIpc) is 3.13. The number of amides is 1. The number of carbonyl (C=O) groups is 1. The summed E-state index contributed by atoms with van der Waals surface area (Å²) in [4.78, 5) is 24.3. The summed E-state index contributed by atoms with van der Waals surface area (Å²) in [5.41, 5.74) is -0.348. The van der Waals surface area contributed by atoms with Gasteiger partial charge >= 0.3 is 12.3 Å². The molecule has 0 aromatic carbocycles. The number of nitrogens with zero attached hydrogens (tertiary/aromatic N) is 6. The van der Waals surface area contributed by atoms with Crippen LogP contribution < -0.4 is 4.90 Å². The van der Waals surface area contributed by atoms with Crippen molar-refractivity contribution in [3.8, 4) is 0 Å². The van der Waals surface area contributed by atoms with Gasteiger partial charge in [0.1, 0.15) is 24.3 Å². The molecule has 11 heteroatoms. The summed E-state index contributed by atoms with van der Waals surface area (Å²) >= 11 is 0. The summed E-state index contributed by atoms with van der Waals surface area (Å²) in [5, 5.41) is 4.40. The molecule has 8 nitrogen and oxygen atoms in total. The summed E-state index contributed by atoms with van der Waals surface area (Å²) in [5.74, 6) is 0.574. The minimum Gasteiger partial charge on any atom is -0.444 e. The summed E-state index contributed by atoms with van der Waals surface area (Å²) in [6.07, 6.45) is -1.17. The molecule has 2 aromatic heterocycles. The van der Waals surface area contributed by atoms with Gasteiger partial charge in [0.25, 0.3) is 0 Å². The molecule has 2 fully saturated rings. The Bertz CT molecular complexity index is 930. The molecule has 0 bridgehead atoms. The van der Waals surface area contributed by atoms with Gasteiger partial charge in [0, 0.05) is 37.8 Å². The lowest BCUT2D eigenvalue weighted by Crippen LogP contribution is -2.58. The van der Waals surface area contributed by atoms with Crippen LogP contribution in [0.3, 0.4) is 0 Å². The number of ether oxygens (including phenoxy) is 1. The molecule has 0 saturated carbocycles. The van der Waals surface area contributed by atoms with Crippen molar-refractivity contribution < 1.29 is 22.7 Å². The van der Waals surface area contributed by atoms with E-state index in [2.05, 4.69) is 15.1 Å². The number of hydrogen-bond donors (Lipinski definition) is 0. The molecule has 0 atom stereocenters. The number of rotatable bonds is 2. The molecule has 4 rings (SSSR count). The summed E-state index contributed by atoms with van der Waals surface area (Å²) < 4.78 is 44.3. The largest absolute Gasteiger partial charge is 0.444 e. The van der Waals surface area contributed by atoms with Crippen molar-refractivity contribution in [3.63, 3.8) is 0 Å². The van der Waals surface area contributed by atoms with Crippen molar-refractivity contribution in [1.82, 2.24) is 24.6 Å². The standard InChI is InChI=1S/C18H23F3N6O2/c1-16(2,3)29-15(28)25-5-4-17(7-25)8-26(9-17)14-12-6-27(10-18(19,20)21)24-13(12)22-11-23-14/h6,11H,4-5,7-10H2,1-3H3. The molecular formula is C18H23F3N6O2. The van der Waals surface area contributed by atoms with Gasteiger partial charge < -0.3 is 14.5 Å². The van der Waals surface area contributed by atoms with Crippen LogP contribution in [0.25, 0.3) is 11.0 Å². The molecular weight excluding hydrogens is 389 g/mol. The zero-order valence-corrected chi connectivity index (χ0v) is 16.5. The van der Waals surface area contributed by atoms with Crippen LogP contribution in [0.1, 0.15) is 27.2 Å². The normalized spacial score (nSPS) is 19.1. The topological polar surface area (TPSA) is 76.4 Å². The van der Waals surface area contributed by atoms with E-state index >= 15 is 0 Å². The number of anilines is 1. The molecule has 1 spiro atoms. The van der Waals surface area contributed by atoms with Gasteiger partial charge in [-0.2, -0.15) is 18.3 Å². The van der Waals surface area contributed by atoms with Crippen LogP contribution in [-0.4, -0.2) is 68.7 Å². The Hall–Kier alpha value is -2.59. The summed E-state index contributed by atoms with van der Waals surface area (Å²) in [6, 6.07) is 0. The summed E-state index contributed by atoms with van der Waals surface area (Å²) in [7, 11) is 0. The quantitative estimate of drug-likeness (QED) is 0.755. The Morgan fingerprint density at radius 2 is 1.93 bits per heavy atom. The highest BCUT2D eigenvalue weighted by Crippen LogP contribution is 2.43. The highest BCUT2D eigenvalue weighted by molar-refractivity contribution is 5.86. The van der Waals surface area contributed by atoms with E-state index in [0.29, 0.717) is 37.4 Å². The Morgan fingerprint density at radius 3 is 2.59 bits per heavy atom. The lowest BCUT2D eigenvalue weighted by atomic mass is 9.79. The Kier molecular flexibility index (Phi) is 4.39. The molecule has 2 aliphatic heterocycles. The molecule has 2 saturated heterocycles. The fraction of sp³-hybridized carbons (Fsp3) is 0.667. The molecule has 4 heterocycles. The van der Waals surface area contributed by atoms with Crippen LogP contribution in [0.4, 0.5) is 23.8 Å². The van der Waals surface area contributed by atoms with Gasteiger partial charge in [-0.15, -0.1) is 0 Å². The van der Waals surface area contributed by atoms with E-state index in [0.717, 1.165) is 11.1 Å². The van der Waals surface area contributed by atoms with E-state index in [1.54, 1.807) is 4.90 Å².